The highest BCUT2D eigenvalue weighted by Gasteiger charge is 2.12. The molecule has 110 valence electrons. The van der Waals surface area contributed by atoms with Gasteiger partial charge >= 0.3 is 0 Å². The summed E-state index contributed by atoms with van der Waals surface area (Å²) in [5.74, 6) is 1.37. The number of anilines is 2. The van der Waals surface area contributed by atoms with Crippen LogP contribution in [0, 0.1) is 5.82 Å². The molecule has 0 saturated carbocycles. The summed E-state index contributed by atoms with van der Waals surface area (Å²) in [6.07, 6.45) is 5.53. The molecule has 1 N–H and O–H groups in total. The van der Waals surface area contributed by atoms with Crippen LogP contribution in [-0.2, 0) is 6.54 Å². The fourth-order valence-corrected chi connectivity index (χ4v) is 2.52. The van der Waals surface area contributed by atoms with E-state index in [0.29, 0.717) is 12.5 Å². The lowest BCUT2D eigenvalue weighted by Gasteiger charge is -2.27. The molecule has 4 nitrogen and oxygen atoms in total. The van der Waals surface area contributed by atoms with Crippen molar-refractivity contribution in [1.82, 2.24) is 9.97 Å². The van der Waals surface area contributed by atoms with Crippen LogP contribution in [0.2, 0.25) is 0 Å². The smallest absolute Gasteiger partial charge is 0.224 e. The highest BCUT2D eigenvalue weighted by Crippen LogP contribution is 2.18. The zero-order valence-corrected chi connectivity index (χ0v) is 11.9. The van der Waals surface area contributed by atoms with Crippen LogP contribution in [0.4, 0.5) is 16.2 Å². The normalized spacial score (nSPS) is 15.0. The van der Waals surface area contributed by atoms with Gasteiger partial charge in [0.15, 0.2) is 0 Å². The Bertz CT molecular complexity index is 579. The largest absolute Gasteiger partial charge is 0.356 e. The molecule has 0 aliphatic carbocycles. The molecule has 1 aliphatic heterocycles. The van der Waals surface area contributed by atoms with E-state index in [1.807, 2.05) is 6.07 Å². The topological polar surface area (TPSA) is 41.1 Å². The third kappa shape index (κ3) is 3.68. The molecule has 1 aliphatic rings. The Morgan fingerprint density at radius 3 is 2.57 bits per heavy atom. The Morgan fingerprint density at radius 1 is 1.05 bits per heavy atom. The van der Waals surface area contributed by atoms with Crippen LogP contribution in [0.25, 0.3) is 0 Å². The van der Waals surface area contributed by atoms with Crippen LogP contribution in [0.5, 0.6) is 0 Å². The van der Waals surface area contributed by atoms with Crippen LogP contribution >= 0.6 is 0 Å². The maximum absolute atomic E-state index is 12.9. The van der Waals surface area contributed by atoms with Gasteiger partial charge in [0.25, 0.3) is 0 Å². The SMILES string of the molecule is Fc1ccc(CNc2nccc(N3CCCCC3)n2)cc1. The van der Waals surface area contributed by atoms with Crippen LogP contribution in [0.3, 0.4) is 0 Å². The first kappa shape index (κ1) is 13.8. The molecule has 3 rings (SSSR count). The predicted molar refractivity (Wildman–Crippen MR) is 81.8 cm³/mol. The molecule has 2 heterocycles. The van der Waals surface area contributed by atoms with E-state index >= 15 is 0 Å². The zero-order chi connectivity index (χ0) is 14.5. The number of benzene rings is 1. The van der Waals surface area contributed by atoms with Gasteiger partial charge in [-0.25, -0.2) is 9.37 Å². The van der Waals surface area contributed by atoms with Crippen molar-refractivity contribution in [2.75, 3.05) is 23.3 Å². The van der Waals surface area contributed by atoms with E-state index in [1.54, 1.807) is 18.3 Å². The summed E-state index contributed by atoms with van der Waals surface area (Å²) in [6, 6.07) is 8.39. The maximum atomic E-state index is 12.9. The minimum absolute atomic E-state index is 0.220. The summed E-state index contributed by atoms with van der Waals surface area (Å²) in [5, 5.41) is 3.19. The monoisotopic (exact) mass is 286 g/mol. The average molecular weight is 286 g/mol. The van der Waals surface area contributed by atoms with E-state index in [0.717, 1.165) is 24.5 Å². The Kier molecular flexibility index (Phi) is 4.28. The molecule has 0 atom stereocenters. The van der Waals surface area contributed by atoms with Gasteiger partial charge in [0.2, 0.25) is 5.95 Å². The van der Waals surface area contributed by atoms with Gasteiger partial charge in [-0.2, -0.15) is 4.98 Å². The van der Waals surface area contributed by atoms with Crippen LogP contribution < -0.4 is 10.2 Å². The number of aromatic nitrogens is 2. The Morgan fingerprint density at radius 2 is 1.81 bits per heavy atom. The average Bonchev–Trinajstić information content (AvgIpc) is 2.55. The quantitative estimate of drug-likeness (QED) is 0.937. The van der Waals surface area contributed by atoms with Crippen molar-refractivity contribution in [3.63, 3.8) is 0 Å². The molecule has 21 heavy (non-hydrogen) atoms. The number of hydrogen-bond donors (Lipinski definition) is 1. The van der Waals surface area contributed by atoms with Crippen LogP contribution in [0.1, 0.15) is 24.8 Å². The third-order valence-corrected chi connectivity index (χ3v) is 3.68. The number of rotatable bonds is 4. The summed E-state index contributed by atoms with van der Waals surface area (Å²) in [7, 11) is 0. The number of halogens is 1. The van der Waals surface area contributed by atoms with E-state index in [9.17, 15) is 4.39 Å². The Hall–Kier alpha value is -2.17. The standard InChI is InChI=1S/C16H19FN4/c17-14-6-4-13(5-7-14)12-19-16-18-9-8-15(20-16)21-10-2-1-3-11-21/h4-9H,1-3,10-12H2,(H,18,19,20). The summed E-state index contributed by atoms with van der Waals surface area (Å²) in [5.41, 5.74) is 1.00. The molecule has 0 amide bonds. The van der Waals surface area contributed by atoms with E-state index in [4.69, 9.17) is 0 Å². The molecular formula is C16H19FN4. The molecule has 1 fully saturated rings. The molecule has 1 aromatic heterocycles. The maximum Gasteiger partial charge on any atom is 0.224 e. The molecule has 0 radical (unpaired) electrons. The van der Waals surface area contributed by atoms with E-state index < -0.39 is 0 Å². The lowest BCUT2D eigenvalue weighted by atomic mass is 10.1. The number of nitrogens with one attached hydrogen (secondary N) is 1. The van der Waals surface area contributed by atoms with Crippen molar-refractivity contribution in [2.45, 2.75) is 25.8 Å². The highest BCUT2D eigenvalue weighted by atomic mass is 19.1. The van der Waals surface area contributed by atoms with Crippen molar-refractivity contribution in [1.29, 1.82) is 0 Å². The van der Waals surface area contributed by atoms with Gasteiger partial charge in [-0.1, -0.05) is 12.1 Å². The van der Waals surface area contributed by atoms with E-state index in [1.165, 1.54) is 31.4 Å². The second kappa shape index (κ2) is 6.52. The van der Waals surface area contributed by atoms with Gasteiger partial charge in [-0.15, -0.1) is 0 Å². The molecule has 0 spiro atoms. The first-order valence-electron chi connectivity index (χ1n) is 7.37. The molecule has 5 heteroatoms. The lowest BCUT2D eigenvalue weighted by Crippen LogP contribution is -2.30. The number of hydrogen-bond acceptors (Lipinski definition) is 4. The third-order valence-electron chi connectivity index (χ3n) is 3.68. The fourth-order valence-electron chi connectivity index (χ4n) is 2.52. The van der Waals surface area contributed by atoms with Crippen molar-refractivity contribution in [2.24, 2.45) is 0 Å². The molecule has 1 saturated heterocycles. The first-order chi connectivity index (χ1) is 10.3. The van der Waals surface area contributed by atoms with Gasteiger partial charge < -0.3 is 10.2 Å². The molecular weight excluding hydrogens is 267 g/mol. The van der Waals surface area contributed by atoms with Crippen LogP contribution in [0.15, 0.2) is 36.5 Å². The van der Waals surface area contributed by atoms with Crippen molar-refractivity contribution < 1.29 is 4.39 Å². The molecule has 2 aromatic rings. The molecule has 0 unspecified atom stereocenters. The van der Waals surface area contributed by atoms with Gasteiger partial charge in [-0.05, 0) is 43.0 Å². The summed E-state index contributed by atoms with van der Waals surface area (Å²) in [6.45, 7) is 2.71. The van der Waals surface area contributed by atoms with Gasteiger partial charge in [-0.3, -0.25) is 0 Å². The van der Waals surface area contributed by atoms with Gasteiger partial charge in [0, 0.05) is 25.8 Å². The summed E-state index contributed by atoms with van der Waals surface area (Å²) < 4.78 is 12.9. The van der Waals surface area contributed by atoms with E-state index in [-0.39, 0.29) is 5.82 Å². The lowest BCUT2D eigenvalue weighted by molar-refractivity contribution is 0.573. The second-order valence-electron chi connectivity index (χ2n) is 5.27. The van der Waals surface area contributed by atoms with E-state index in [2.05, 4.69) is 20.2 Å². The first-order valence-corrected chi connectivity index (χ1v) is 7.37. The second-order valence-corrected chi connectivity index (χ2v) is 5.27. The minimum atomic E-state index is -0.220. The molecule has 0 bridgehead atoms. The zero-order valence-electron chi connectivity index (χ0n) is 11.9. The fraction of sp³-hybridized carbons (Fsp3) is 0.375. The minimum Gasteiger partial charge on any atom is -0.356 e. The summed E-state index contributed by atoms with van der Waals surface area (Å²) in [4.78, 5) is 11.1. The number of piperidine rings is 1. The van der Waals surface area contributed by atoms with Gasteiger partial charge in [0.05, 0.1) is 0 Å². The van der Waals surface area contributed by atoms with Crippen LogP contribution in [-0.4, -0.2) is 23.1 Å². The van der Waals surface area contributed by atoms with Crippen molar-refractivity contribution in [3.8, 4) is 0 Å². The Labute approximate surface area is 124 Å². The van der Waals surface area contributed by atoms with Gasteiger partial charge in [0.1, 0.15) is 11.6 Å². The Balaban J connectivity index is 1.64. The predicted octanol–water partition coefficient (Wildman–Crippen LogP) is 3.22. The highest BCUT2D eigenvalue weighted by molar-refractivity contribution is 5.43. The van der Waals surface area contributed by atoms with Crippen molar-refractivity contribution in [3.05, 3.63) is 47.9 Å². The number of nitrogens with zero attached hydrogens (tertiary/aromatic N) is 3. The van der Waals surface area contributed by atoms with Crippen molar-refractivity contribution >= 4 is 11.8 Å². The molecule has 1 aromatic carbocycles. The summed E-state index contributed by atoms with van der Waals surface area (Å²) >= 11 is 0.